The van der Waals surface area contributed by atoms with Crippen LogP contribution in [0.4, 0.5) is 0 Å². The topological polar surface area (TPSA) is 114 Å². The highest BCUT2D eigenvalue weighted by atomic mass is 16.9. The lowest BCUT2D eigenvalue weighted by atomic mass is 9.97. The standard InChI is InChI=1S/C45H53NO11/c1-44(2)51-29-35(55-44)37-39(41-43(53-37)57-45(3,4)56-41)54-42-40(50-27-33-22-14-15-23-46-33)38(49-26-32-20-12-7-13-21-32)36(48-25-31-18-10-6-11-19-31)34(52-42)28-47-24-30-16-8-5-9-17-30/h5-23,34-43H,24-29H2,1-4H3/t34-,35-,36-,37-,38+,39+,40-,41-,42+,43?/m1/s1. The maximum absolute atomic E-state index is 7.12. The SMILES string of the molecule is CC1(C)OC[C@H]([C@H]2OC3OC(C)(C)O[C@@H]3[C@H]2O[C@@H]2O[C@H](COCc3ccccc3)[C@@H](OCc3ccccc3)[C@H](OCc3ccccc3)[C@H]2OCc2ccccn2)O1. The first-order valence-electron chi connectivity index (χ1n) is 19.8. The van der Waals surface area contributed by atoms with Crippen LogP contribution in [0.5, 0.6) is 0 Å². The first-order chi connectivity index (χ1) is 27.7. The van der Waals surface area contributed by atoms with Gasteiger partial charge in [-0.1, -0.05) is 97.1 Å². The smallest absolute Gasteiger partial charge is 0.190 e. The number of fused-ring (bicyclic) bond motifs is 1. The van der Waals surface area contributed by atoms with Crippen LogP contribution in [0, 0.1) is 0 Å². The Kier molecular flexibility index (Phi) is 12.8. The molecule has 57 heavy (non-hydrogen) atoms. The molecule has 12 nitrogen and oxygen atoms in total. The first kappa shape index (κ1) is 40.2. The van der Waals surface area contributed by atoms with Crippen molar-refractivity contribution in [3.8, 4) is 0 Å². The van der Waals surface area contributed by atoms with E-state index in [-0.39, 0.29) is 19.8 Å². The highest BCUT2D eigenvalue weighted by molar-refractivity contribution is 5.16. The molecule has 10 atom stereocenters. The van der Waals surface area contributed by atoms with Gasteiger partial charge in [-0.05, 0) is 56.5 Å². The van der Waals surface area contributed by atoms with Crippen molar-refractivity contribution in [2.24, 2.45) is 0 Å². The molecule has 12 heteroatoms. The average molecular weight is 784 g/mol. The van der Waals surface area contributed by atoms with Crippen LogP contribution in [0.15, 0.2) is 115 Å². The Hall–Kier alpha value is -3.63. The van der Waals surface area contributed by atoms with Crippen LogP contribution >= 0.6 is 0 Å². The predicted molar refractivity (Wildman–Crippen MR) is 206 cm³/mol. The Morgan fingerprint density at radius 3 is 1.81 bits per heavy atom. The van der Waals surface area contributed by atoms with Crippen LogP contribution in [-0.4, -0.2) is 91.2 Å². The fraction of sp³-hybridized carbons (Fsp3) is 0.489. The summed E-state index contributed by atoms with van der Waals surface area (Å²) in [7, 11) is 0. The third kappa shape index (κ3) is 10.2. The molecule has 0 radical (unpaired) electrons. The van der Waals surface area contributed by atoms with Crippen molar-refractivity contribution >= 4 is 0 Å². The van der Waals surface area contributed by atoms with Gasteiger partial charge in [0.05, 0.1) is 45.3 Å². The van der Waals surface area contributed by atoms with E-state index in [0.29, 0.717) is 19.8 Å². The molecule has 8 rings (SSSR count). The quantitative estimate of drug-likeness (QED) is 0.124. The number of pyridine rings is 1. The van der Waals surface area contributed by atoms with Gasteiger partial charge in [0.15, 0.2) is 24.2 Å². The minimum absolute atomic E-state index is 0.164. The Morgan fingerprint density at radius 1 is 0.579 bits per heavy atom. The van der Waals surface area contributed by atoms with Crippen molar-refractivity contribution < 1.29 is 52.1 Å². The van der Waals surface area contributed by atoms with Crippen LogP contribution in [0.3, 0.4) is 0 Å². The van der Waals surface area contributed by atoms with E-state index in [1.807, 2.05) is 137 Å². The molecule has 3 aromatic carbocycles. The Balaban J connectivity index is 1.14. The minimum atomic E-state index is -1.01. The second-order valence-corrected chi connectivity index (χ2v) is 15.7. The van der Waals surface area contributed by atoms with Gasteiger partial charge in [-0.15, -0.1) is 0 Å². The average Bonchev–Trinajstić information content (AvgIpc) is 3.85. The molecule has 1 aromatic heterocycles. The highest BCUT2D eigenvalue weighted by Gasteiger charge is 2.61. The lowest BCUT2D eigenvalue weighted by Crippen LogP contribution is -2.63. The third-order valence-electron chi connectivity index (χ3n) is 10.4. The number of aromatic nitrogens is 1. The zero-order valence-corrected chi connectivity index (χ0v) is 32.9. The lowest BCUT2D eigenvalue weighted by molar-refractivity contribution is -0.346. The second kappa shape index (κ2) is 18.1. The van der Waals surface area contributed by atoms with E-state index in [1.165, 1.54) is 0 Å². The summed E-state index contributed by atoms with van der Waals surface area (Å²) in [6.45, 7) is 9.11. The minimum Gasteiger partial charge on any atom is -0.374 e. The van der Waals surface area contributed by atoms with Crippen molar-refractivity contribution in [1.82, 2.24) is 4.98 Å². The van der Waals surface area contributed by atoms with Crippen molar-refractivity contribution in [3.05, 3.63) is 138 Å². The fourth-order valence-electron chi connectivity index (χ4n) is 7.75. The van der Waals surface area contributed by atoms with Gasteiger partial charge in [0, 0.05) is 6.20 Å². The number of ether oxygens (including phenoxy) is 11. The zero-order valence-electron chi connectivity index (χ0n) is 32.9. The molecule has 304 valence electrons. The van der Waals surface area contributed by atoms with Gasteiger partial charge in [0.1, 0.15) is 48.8 Å². The molecule has 4 aliphatic rings. The van der Waals surface area contributed by atoms with Gasteiger partial charge in [-0.2, -0.15) is 0 Å². The normalized spacial score (nSPS) is 31.6. The van der Waals surface area contributed by atoms with Crippen molar-refractivity contribution in [3.63, 3.8) is 0 Å². The molecule has 0 saturated carbocycles. The molecule has 4 saturated heterocycles. The third-order valence-corrected chi connectivity index (χ3v) is 10.4. The molecule has 4 aliphatic heterocycles. The van der Waals surface area contributed by atoms with Gasteiger partial charge in [0.2, 0.25) is 0 Å². The van der Waals surface area contributed by atoms with Gasteiger partial charge in [-0.25, -0.2) is 0 Å². The van der Waals surface area contributed by atoms with Crippen LogP contribution < -0.4 is 0 Å². The van der Waals surface area contributed by atoms with E-state index >= 15 is 0 Å². The molecular formula is C45H53NO11. The maximum Gasteiger partial charge on any atom is 0.190 e. The van der Waals surface area contributed by atoms with Gasteiger partial charge < -0.3 is 52.1 Å². The maximum atomic E-state index is 7.12. The molecule has 0 bridgehead atoms. The van der Waals surface area contributed by atoms with Crippen molar-refractivity contribution in [2.75, 3.05) is 13.2 Å². The molecule has 4 aromatic rings. The fourth-order valence-corrected chi connectivity index (χ4v) is 7.75. The Morgan fingerprint density at radius 2 is 1.19 bits per heavy atom. The van der Waals surface area contributed by atoms with E-state index in [4.69, 9.17) is 52.1 Å². The molecule has 4 fully saturated rings. The molecule has 0 N–H and O–H groups in total. The lowest BCUT2D eigenvalue weighted by Gasteiger charge is -2.47. The molecule has 0 spiro atoms. The molecular weight excluding hydrogens is 730 g/mol. The highest BCUT2D eigenvalue weighted by Crippen LogP contribution is 2.44. The number of nitrogens with zero attached hydrogens (tertiary/aromatic N) is 1. The van der Waals surface area contributed by atoms with E-state index in [1.54, 1.807) is 6.20 Å². The summed E-state index contributed by atoms with van der Waals surface area (Å²) in [5, 5.41) is 0. The van der Waals surface area contributed by atoms with Crippen LogP contribution in [0.25, 0.3) is 0 Å². The first-order valence-corrected chi connectivity index (χ1v) is 19.8. The number of rotatable bonds is 16. The van der Waals surface area contributed by atoms with E-state index < -0.39 is 73.0 Å². The monoisotopic (exact) mass is 783 g/mol. The van der Waals surface area contributed by atoms with Gasteiger partial charge in [0.25, 0.3) is 0 Å². The molecule has 0 aliphatic carbocycles. The summed E-state index contributed by atoms with van der Waals surface area (Å²) in [6, 6.07) is 35.8. The van der Waals surface area contributed by atoms with Crippen LogP contribution in [-0.2, 0) is 78.5 Å². The summed E-state index contributed by atoms with van der Waals surface area (Å²) in [6.07, 6.45) is -5.12. The largest absolute Gasteiger partial charge is 0.374 e. The number of hydrogen-bond donors (Lipinski definition) is 0. The van der Waals surface area contributed by atoms with Crippen molar-refractivity contribution in [2.45, 2.75) is 127 Å². The molecule has 1 unspecified atom stereocenters. The predicted octanol–water partition coefficient (Wildman–Crippen LogP) is 6.49. The van der Waals surface area contributed by atoms with Crippen LogP contribution in [0.1, 0.15) is 50.1 Å². The summed E-state index contributed by atoms with van der Waals surface area (Å²) in [4.78, 5) is 4.54. The summed E-state index contributed by atoms with van der Waals surface area (Å²) < 4.78 is 72.6. The van der Waals surface area contributed by atoms with E-state index in [2.05, 4.69) is 4.98 Å². The number of hydrogen-bond acceptors (Lipinski definition) is 12. The van der Waals surface area contributed by atoms with Crippen molar-refractivity contribution in [1.29, 1.82) is 0 Å². The van der Waals surface area contributed by atoms with Gasteiger partial charge in [-0.3, -0.25) is 4.98 Å². The Labute approximate surface area is 334 Å². The summed E-state index contributed by atoms with van der Waals surface area (Å²) in [5.41, 5.74) is 3.78. The second-order valence-electron chi connectivity index (χ2n) is 15.7. The summed E-state index contributed by atoms with van der Waals surface area (Å²) in [5.74, 6) is -1.70. The summed E-state index contributed by atoms with van der Waals surface area (Å²) >= 11 is 0. The van der Waals surface area contributed by atoms with Crippen LogP contribution in [0.2, 0.25) is 0 Å². The zero-order chi connectivity index (χ0) is 39.2. The van der Waals surface area contributed by atoms with E-state index in [0.717, 1.165) is 22.4 Å². The van der Waals surface area contributed by atoms with E-state index in [9.17, 15) is 0 Å². The molecule has 5 heterocycles. The van der Waals surface area contributed by atoms with Gasteiger partial charge >= 0.3 is 0 Å². The number of benzene rings is 3. The molecule has 0 amide bonds. The Bertz CT molecular complexity index is 1820.